The number of methoxy groups -OCH3 is 1. The highest BCUT2D eigenvalue weighted by Crippen LogP contribution is 2.23. The molecule has 2 heterocycles. The first kappa shape index (κ1) is 23.9. The number of ether oxygens (including phenoxy) is 1. The maximum absolute atomic E-state index is 13.4. The molecule has 9 heteroatoms. The largest absolute Gasteiger partial charge is 0.383 e. The average molecular weight is 459 g/mol. The molecule has 1 aliphatic carbocycles. The van der Waals surface area contributed by atoms with Gasteiger partial charge in [-0.25, -0.2) is 0 Å². The molecule has 1 aliphatic rings. The lowest BCUT2D eigenvalue weighted by Gasteiger charge is -2.33. The number of nitrogens with one attached hydrogen (secondary N) is 2. The molecule has 0 spiro atoms. The van der Waals surface area contributed by atoms with Gasteiger partial charge in [-0.2, -0.15) is 0 Å². The minimum atomic E-state index is -0.855. The molecular formula is C23H30N4O4S. The van der Waals surface area contributed by atoms with Gasteiger partial charge < -0.3 is 20.3 Å². The lowest BCUT2D eigenvalue weighted by molar-refractivity contribution is -0.141. The third kappa shape index (κ3) is 6.61. The van der Waals surface area contributed by atoms with Gasteiger partial charge in [-0.1, -0.05) is 31.4 Å². The van der Waals surface area contributed by atoms with Crippen LogP contribution in [0.4, 0.5) is 0 Å². The Morgan fingerprint density at radius 3 is 2.69 bits per heavy atom. The summed E-state index contributed by atoms with van der Waals surface area (Å²) in [7, 11) is 1.54. The Morgan fingerprint density at radius 1 is 1.22 bits per heavy atom. The Balaban J connectivity index is 1.78. The molecule has 0 bridgehead atoms. The number of hydrogen-bond donors (Lipinski definition) is 2. The van der Waals surface area contributed by atoms with Crippen LogP contribution >= 0.6 is 11.3 Å². The van der Waals surface area contributed by atoms with E-state index in [1.54, 1.807) is 49.1 Å². The van der Waals surface area contributed by atoms with Crippen molar-refractivity contribution in [2.45, 2.75) is 44.2 Å². The number of carbonyl (C=O) groups excluding carboxylic acids is 3. The van der Waals surface area contributed by atoms with E-state index in [0.717, 1.165) is 25.7 Å². The molecule has 172 valence electrons. The Hall–Kier alpha value is -2.78. The zero-order valence-electron chi connectivity index (χ0n) is 18.3. The molecule has 0 saturated heterocycles. The van der Waals surface area contributed by atoms with E-state index in [9.17, 15) is 14.4 Å². The topological polar surface area (TPSA) is 101 Å². The molecule has 0 radical (unpaired) electrons. The lowest BCUT2D eigenvalue weighted by atomic mass is 9.95. The molecule has 1 fully saturated rings. The molecule has 1 atom stereocenters. The average Bonchev–Trinajstić information content (AvgIpc) is 3.36. The van der Waals surface area contributed by atoms with Crippen LogP contribution in [0.25, 0.3) is 0 Å². The van der Waals surface area contributed by atoms with E-state index < -0.39 is 6.04 Å². The van der Waals surface area contributed by atoms with Crippen molar-refractivity contribution in [3.05, 3.63) is 52.5 Å². The minimum absolute atomic E-state index is 0.105. The molecule has 3 rings (SSSR count). The predicted octanol–water partition coefficient (Wildman–Crippen LogP) is 2.54. The van der Waals surface area contributed by atoms with Gasteiger partial charge >= 0.3 is 0 Å². The van der Waals surface area contributed by atoms with Crippen molar-refractivity contribution in [1.29, 1.82) is 0 Å². The van der Waals surface area contributed by atoms with Gasteiger partial charge in [-0.3, -0.25) is 19.4 Å². The van der Waals surface area contributed by atoms with Gasteiger partial charge in [0.05, 0.1) is 18.0 Å². The van der Waals surface area contributed by atoms with E-state index in [-0.39, 0.29) is 43.5 Å². The maximum Gasteiger partial charge on any atom is 0.261 e. The standard InChI is InChI=1S/C23H30N4O4S/c1-31-13-12-27(20(28)16-25-22(29)19-10-6-14-32-19)21(17-7-5-11-24-15-17)23(30)26-18-8-3-2-4-9-18/h5-7,10-11,14-15,18,21H,2-4,8-9,12-13,16H2,1H3,(H,25,29)(H,26,30)/t21-/m1/s1. The highest BCUT2D eigenvalue weighted by molar-refractivity contribution is 7.12. The molecule has 0 aliphatic heterocycles. The van der Waals surface area contributed by atoms with Crippen molar-refractivity contribution in [2.75, 3.05) is 26.8 Å². The van der Waals surface area contributed by atoms with Gasteiger partial charge in [0.2, 0.25) is 11.8 Å². The van der Waals surface area contributed by atoms with Crippen molar-refractivity contribution < 1.29 is 19.1 Å². The van der Waals surface area contributed by atoms with Crippen LogP contribution < -0.4 is 10.6 Å². The summed E-state index contributed by atoms with van der Waals surface area (Å²) in [5, 5.41) is 7.59. The first-order valence-corrected chi connectivity index (χ1v) is 11.8. The summed E-state index contributed by atoms with van der Waals surface area (Å²) in [6, 6.07) is 6.26. The van der Waals surface area contributed by atoms with Gasteiger partial charge in [0.1, 0.15) is 6.04 Å². The molecule has 2 aromatic rings. The zero-order chi connectivity index (χ0) is 22.8. The third-order valence-corrected chi connectivity index (χ3v) is 6.38. The minimum Gasteiger partial charge on any atom is -0.383 e. The molecule has 0 unspecified atom stereocenters. The molecule has 8 nitrogen and oxygen atoms in total. The molecule has 1 saturated carbocycles. The second-order valence-corrected chi connectivity index (χ2v) is 8.72. The zero-order valence-corrected chi connectivity index (χ0v) is 19.1. The highest BCUT2D eigenvalue weighted by Gasteiger charge is 2.33. The van der Waals surface area contributed by atoms with Crippen LogP contribution in [0.5, 0.6) is 0 Å². The summed E-state index contributed by atoms with van der Waals surface area (Å²) < 4.78 is 5.20. The molecule has 0 aromatic carbocycles. The second-order valence-electron chi connectivity index (χ2n) is 7.77. The van der Waals surface area contributed by atoms with Crippen molar-refractivity contribution in [3.63, 3.8) is 0 Å². The first-order valence-electron chi connectivity index (χ1n) is 10.9. The van der Waals surface area contributed by atoms with Gasteiger partial charge in [0.15, 0.2) is 0 Å². The molecular weight excluding hydrogens is 428 g/mol. The van der Waals surface area contributed by atoms with Gasteiger partial charge in [-0.05, 0) is 30.4 Å². The number of aromatic nitrogens is 1. The molecule has 32 heavy (non-hydrogen) atoms. The number of nitrogens with zero attached hydrogens (tertiary/aromatic N) is 2. The number of amides is 3. The number of hydrogen-bond acceptors (Lipinski definition) is 6. The molecule has 3 amide bonds. The van der Waals surface area contributed by atoms with E-state index in [1.807, 2.05) is 0 Å². The van der Waals surface area contributed by atoms with Gasteiger partial charge in [-0.15, -0.1) is 11.3 Å². The fraction of sp³-hybridized carbons (Fsp3) is 0.478. The summed E-state index contributed by atoms with van der Waals surface area (Å²) in [6.45, 7) is 0.258. The van der Waals surface area contributed by atoms with Crippen molar-refractivity contribution in [3.8, 4) is 0 Å². The quantitative estimate of drug-likeness (QED) is 0.570. The highest BCUT2D eigenvalue weighted by atomic mass is 32.1. The first-order chi connectivity index (χ1) is 15.6. The van der Waals surface area contributed by atoms with E-state index in [0.29, 0.717) is 10.4 Å². The predicted molar refractivity (Wildman–Crippen MR) is 122 cm³/mol. The van der Waals surface area contributed by atoms with Crippen molar-refractivity contribution in [2.24, 2.45) is 0 Å². The van der Waals surface area contributed by atoms with E-state index in [2.05, 4.69) is 15.6 Å². The van der Waals surface area contributed by atoms with Crippen LogP contribution in [-0.4, -0.2) is 60.5 Å². The van der Waals surface area contributed by atoms with Crippen molar-refractivity contribution >= 4 is 29.1 Å². The van der Waals surface area contributed by atoms with Crippen LogP contribution in [-0.2, 0) is 14.3 Å². The monoisotopic (exact) mass is 458 g/mol. The second kappa shape index (κ2) is 12.3. The van der Waals surface area contributed by atoms with E-state index >= 15 is 0 Å². The lowest BCUT2D eigenvalue weighted by Crippen LogP contribution is -2.50. The fourth-order valence-corrected chi connectivity index (χ4v) is 4.52. The normalized spacial score (nSPS) is 15.0. The Kier molecular flexibility index (Phi) is 9.18. The fourth-order valence-electron chi connectivity index (χ4n) is 3.88. The van der Waals surface area contributed by atoms with Gasteiger partial charge in [0, 0.05) is 37.7 Å². The molecule has 2 aromatic heterocycles. The van der Waals surface area contributed by atoms with Crippen LogP contribution in [0, 0.1) is 0 Å². The van der Waals surface area contributed by atoms with Crippen LogP contribution in [0.15, 0.2) is 42.0 Å². The number of carbonyl (C=O) groups is 3. The van der Waals surface area contributed by atoms with Crippen molar-refractivity contribution in [1.82, 2.24) is 20.5 Å². The Bertz CT molecular complexity index is 869. The van der Waals surface area contributed by atoms with Gasteiger partial charge in [0.25, 0.3) is 5.91 Å². The SMILES string of the molecule is COCCN(C(=O)CNC(=O)c1cccs1)[C@@H](C(=O)NC1CCCCC1)c1cccnc1. The Labute approximate surface area is 192 Å². The summed E-state index contributed by atoms with van der Waals surface area (Å²) in [5.41, 5.74) is 0.620. The Morgan fingerprint density at radius 2 is 2.03 bits per heavy atom. The van der Waals surface area contributed by atoms with Crippen LogP contribution in [0.1, 0.15) is 53.4 Å². The summed E-state index contributed by atoms with van der Waals surface area (Å²) in [5.74, 6) is -0.914. The number of thiophene rings is 1. The van der Waals surface area contributed by atoms with E-state index in [4.69, 9.17) is 4.74 Å². The van der Waals surface area contributed by atoms with E-state index in [1.165, 1.54) is 22.7 Å². The van der Waals surface area contributed by atoms with Crippen LogP contribution in [0.2, 0.25) is 0 Å². The maximum atomic E-state index is 13.4. The molecule has 2 N–H and O–H groups in total. The summed E-state index contributed by atoms with van der Waals surface area (Å²) in [4.78, 5) is 45.0. The number of pyridine rings is 1. The third-order valence-electron chi connectivity index (χ3n) is 5.51. The summed E-state index contributed by atoms with van der Waals surface area (Å²) >= 11 is 1.30. The summed E-state index contributed by atoms with van der Waals surface area (Å²) in [6.07, 6.45) is 8.46. The smallest absolute Gasteiger partial charge is 0.261 e. The van der Waals surface area contributed by atoms with Crippen LogP contribution in [0.3, 0.4) is 0 Å². The number of rotatable bonds is 10.